The van der Waals surface area contributed by atoms with Gasteiger partial charge in [0.25, 0.3) is 0 Å². The van der Waals surface area contributed by atoms with Gasteiger partial charge in [0.1, 0.15) is 5.82 Å². The SMILES string of the molecule is NC(=NC1CCCC1)N1CCN(c2ccccn2)CC1. The van der Waals surface area contributed by atoms with Crippen molar-refractivity contribution < 1.29 is 0 Å². The number of pyridine rings is 1. The Morgan fingerprint density at radius 3 is 2.55 bits per heavy atom. The molecule has 5 nitrogen and oxygen atoms in total. The summed E-state index contributed by atoms with van der Waals surface area (Å²) in [6.07, 6.45) is 6.85. The average Bonchev–Trinajstić information content (AvgIpc) is 3.01. The monoisotopic (exact) mass is 273 g/mol. The second-order valence-electron chi connectivity index (χ2n) is 5.59. The van der Waals surface area contributed by atoms with Gasteiger partial charge in [0, 0.05) is 32.4 Å². The molecule has 0 radical (unpaired) electrons. The van der Waals surface area contributed by atoms with Gasteiger partial charge in [-0.2, -0.15) is 0 Å². The first-order chi connectivity index (χ1) is 9.83. The summed E-state index contributed by atoms with van der Waals surface area (Å²) < 4.78 is 0. The fourth-order valence-corrected chi connectivity index (χ4v) is 3.01. The van der Waals surface area contributed by atoms with E-state index >= 15 is 0 Å². The standard InChI is InChI=1S/C15H23N5/c16-15(18-13-5-1-2-6-13)20-11-9-19(10-12-20)14-7-3-4-8-17-14/h3-4,7-8,13H,1-2,5-6,9-12H2,(H2,16,18). The van der Waals surface area contributed by atoms with E-state index in [0.717, 1.165) is 38.0 Å². The lowest BCUT2D eigenvalue weighted by Gasteiger charge is -2.36. The smallest absolute Gasteiger partial charge is 0.191 e. The quantitative estimate of drug-likeness (QED) is 0.655. The van der Waals surface area contributed by atoms with E-state index < -0.39 is 0 Å². The summed E-state index contributed by atoms with van der Waals surface area (Å²) in [5.74, 6) is 1.79. The first-order valence-corrected chi connectivity index (χ1v) is 7.57. The van der Waals surface area contributed by atoms with Crippen molar-refractivity contribution in [2.45, 2.75) is 31.7 Å². The zero-order valence-electron chi connectivity index (χ0n) is 11.9. The van der Waals surface area contributed by atoms with Crippen LogP contribution in [0.2, 0.25) is 0 Å². The molecule has 2 fully saturated rings. The molecule has 1 aromatic heterocycles. The van der Waals surface area contributed by atoms with E-state index in [4.69, 9.17) is 5.73 Å². The minimum Gasteiger partial charge on any atom is -0.370 e. The second-order valence-corrected chi connectivity index (χ2v) is 5.59. The zero-order chi connectivity index (χ0) is 13.8. The van der Waals surface area contributed by atoms with E-state index in [2.05, 4.69) is 25.8 Å². The summed E-state index contributed by atoms with van der Waals surface area (Å²) in [6, 6.07) is 6.51. The summed E-state index contributed by atoms with van der Waals surface area (Å²) in [4.78, 5) is 13.6. The number of nitrogens with two attached hydrogens (primary N) is 1. The molecule has 2 aliphatic rings. The maximum atomic E-state index is 6.15. The molecule has 0 atom stereocenters. The maximum Gasteiger partial charge on any atom is 0.191 e. The first kappa shape index (κ1) is 13.2. The largest absolute Gasteiger partial charge is 0.370 e. The number of guanidine groups is 1. The molecule has 0 aromatic carbocycles. The number of rotatable bonds is 2. The Bertz CT molecular complexity index is 445. The number of anilines is 1. The molecule has 1 aliphatic carbocycles. The molecule has 3 rings (SSSR count). The van der Waals surface area contributed by atoms with Crippen molar-refractivity contribution in [2.75, 3.05) is 31.1 Å². The maximum absolute atomic E-state index is 6.15. The van der Waals surface area contributed by atoms with E-state index in [1.165, 1.54) is 25.7 Å². The predicted octanol–water partition coefficient (Wildman–Crippen LogP) is 1.46. The van der Waals surface area contributed by atoms with E-state index in [9.17, 15) is 0 Å². The summed E-state index contributed by atoms with van der Waals surface area (Å²) in [5, 5.41) is 0. The number of aliphatic imine (C=N–C) groups is 1. The molecular weight excluding hydrogens is 250 g/mol. The van der Waals surface area contributed by atoms with Gasteiger partial charge in [0.15, 0.2) is 5.96 Å². The molecule has 2 N–H and O–H groups in total. The Balaban J connectivity index is 1.55. The van der Waals surface area contributed by atoms with Crippen molar-refractivity contribution in [3.05, 3.63) is 24.4 Å². The van der Waals surface area contributed by atoms with Gasteiger partial charge < -0.3 is 15.5 Å². The molecule has 20 heavy (non-hydrogen) atoms. The van der Waals surface area contributed by atoms with E-state index in [1.54, 1.807) is 0 Å². The van der Waals surface area contributed by atoms with Gasteiger partial charge in [-0.05, 0) is 25.0 Å². The number of hydrogen-bond acceptors (Lipinski definition) is 3. The van der Waals surface area contributed by atoms with Gasteiger partial charge in [-0.1, -0.05) is 18.9 Å². The first-order valence-electron chi connectivity index (χ1n) is 7.57. The van der Waals surface area contributed by atoms with Crippen LogP contribution in [0.3, 0.4) is 0 Å². The van der Waals surface area contributed by atoms with E-state index in [1.807, 2.05) is 18.3 Å². The van der Waals surface area contributed by atoms with Crippen LogP contribution < -0.4 is 10.6 Å². The third-order valence-corrected chi connectivity index (χ3v) is 4.22. The fourth-order valence-electron chi connectivity index (χ4n) is 3.01. The Kier molecular flexibility index (Phi) is 4.04. The third kappa shape index (κ3) is 3.03. The van der Waals surface area contributed by atoms with Crippen molar-refractivity contribution in [1.29, 1.82) is 0 Å². The second kappa shape index (κ2) is 6.11. The Morgan fingerprint density at radius 2 is 1.90 bits per heavy atom. The highest BCUT2D eigenvalue weighted by Gasteiger charge is 2.21. The molecule has 1 saturated carbocycles. The van der Waals surface area contributed by atoms with Crippen LogP contribution in [0.4, 0.5) is 5.82 Å². The van der Waals surface area contributed by atoms with Crippen LogP contribution in [-0.4, -0.2) is 48.1 Å². The summed E-state index contributed by atoms with van der Waals surface area (Å²) >= 11 is 0. The number of nitrogens with zero attached hydrogens (tertiary/aromatic N) is 4. The van der Waals surface area contributed by atoms with Gasteiger partial charge in [-0.25, -0.2) is 9.98 Å². The summed E-state index contributed by atoms with van der Waals surface area (Å²) in [6.45, 7) is 3.77. The summed E-state index contributed by atoms with van der Waals surface area (Å²) in [5.41, 5.74) is 6.15. The fraction of sp³-hybridized carbons (Fsp3) is 0.600. The highest BCUT2D eigenvalue weighted by Crippen LogP contribution is 2.21. The normalized spacial score (nSPS) is 21.5. The minimum atomic E-state index is 0.462. The van der Waals surface area contributed by atoms with Crippen molar-refractivity contribution in [3.8, 4) is 0 Å². The molecular formula is C15H23N5. The minimum absolute atomic E-state index is 0.462. The molecule has 0 bridgehead atoms. The topological polar surface area (TPSA) is 57.8 Å². The molecule has 1 saturated heterocycles. The van der Waals surface area contributed by atoms with Crippen LogP contribution in [0.25, 0.3) is 0 Å². The molecule has 0 spiro atoms. The van der Waals surface area contributed by atoms with Crippen LogP contribution >= 0.6 is 0 Å². The van der Waals surface area contributed by atoms with Crippen molar-refractivity contribution in [1.82, 2.24) is 9.88 Å². The highest BCUT2D eigenvalue weighted by atomic mass is 15.3. The van der Waals surface area contributed by atoms with Gasteiger partial charge in [-0.3, -0.25) is 0 Å². The zero-order valence-corrected chi connectivity index (χ0v) is 11.9. The van der Waals surface area contributed by atoms with Crippen LogP contribution in [0.5, 0.6) is 0 Å². The average molecular weight is 273 g/mol. The lowest BCUT2D eigenvalue weighted by Crippen LogP contribution is -2.51. The van der Waals surface area contributed by atoms with Gasteiger partial charge in [0.2, 0.25) is 0 Å². The molecule has 1 aliphatic heterocycles. The predicted molar refractivity (Wildman–Crippen MR) is 81.9 cm³/mol. The Labute approximate surface area is 120 Å². The third-order valence-electron chi connectivity index (χ3n) is 4.22. The molecule has 0 unspecified atom stereocenters. The number of hydrogen-bond donors (Lipinski definition) is 1. The van der Waals surface area contributed by atoms with Crippen LogP contribution in [0, 0.1) is 0 Å². The number of aromatic nitrogens is 1. The Morgan fingerprint density at radius 1 is 1.15 bits per heavy atom. The van der Waals surface area contributed by atoms with Crippen molar-refractivity contribution in [3.63, 3.8) is 0 Å². The molecule has 2 heterocycles. The van der Waals surface area contributed by atoms with E-state index in [-0.39, 0.29) is 0 Å². The van der Waals surface area contributed by atoms with Crippen molar-refractivity contribution in [2.24, 2.45) is 10.7 Å². The van der Waals surface area contributed by atoms with Gasteiger partial charge in [-0.15, -0.1) is 0 Å². The molecule has 5 heteroatoms. The van der Waals surface area contributed by atoms with Crippen LogP contribution in [0.1, 0.15) is 25.7 Å². The number of piperazine rings is 1. The lowest BCUT2D eigenvalue weighted by atomic mass is 10.3. The molecule has 0 amide bonds. The van der Waals surface area contributed by atoms with Gasteiger partial charge in [0.05, 0.1) is 6.04 Å². The Hall–Kier alpha value is -1.78. The van der Waals surface area contributed by atoms with E-state index in [0.29, 0.717) is 6.04 Å². The van der Waals surface area contributed by atoms with Crippen molar-refractivity contribution >= 4 is 11.8 Å². The molecule has 108 valence electrons. The van der Waals surface area contributed by atoms with Gasteiger partial charge >= 0.3 is 0 Å². The highest BCUT2D eigenvalue weighted by molar-refractivity contribution is 5.78. The van der Waals surface area contributed by atoms with Crippen LogP contribution in [-0.2, 0) is 0 Å². The lowest BCUT2D eigenvalue weighted by molar-refractivity contribution is 0.377. The summed E-state index contributed by atoms with van der Waals surface area (Å²) in [7, 11) is 0. The molecule has 1 aromatic rings. The van der Waals surface area contributed by atoms with Crippen LogP contribution in [0.15, 0.2) is 29.4 Å².